The van der Waals surface area contributed by atoms with E-state index in [4.69, 9.17) is 9.47 Å². The van der Waals surface area contributed by atoms with E-state index in [-0.39, 0.29) is 23.8 Å². The van der Waals surface area contributed by atoms with E-state index >= 15 is 0 Å². The summed E-state index contributed by atoms with van der Waals surface area (Å²) in [5.74, 6) is -0.648. The Hall–Kier alpha value is -1.06. The van der Waals surface area contributed by atoms with E-state index in [1.54, 1.807) is 0 Å². The lowest BCUT2D eigenvalue weighted by atomic mass is 9.79. The number of esters is 2. The van der Waals surface area contributed by atoms with Crippen molar-refractivity contribution < 1.29 is 19.1 Å². The molecule has 0 aromatic rings. The third-order valence-electron chi connectivity index (χ3n) is 6.32. The predicted molar refractivity (Wildman–Crippen MR) is 119 cm³/mol. The largest absolute Gasteiger partial charge is 0.465 e. The van der Waals surface area contributed by atoms with Crippen LogP contribution < -0.4 is 0 Å². The van der Waals surface area contributed by atoms with Crippen LogP contribution in [0.25, 0.3) is 0 Å². The van der Waals surface area contributed by atoms with Gasteiger partial charge in [0.15, 0.2) is 0 Å². The molecule has 0 radical (unpaired) electrons. The molecule has 0 aromatic heterocycles. The Bertz CT molecular complexity index is 435. The van der Waals surface area contributed by atoms with Gasteiger partial charge in [-0.15, -0.1) is 0 Å². The highest BCUT2D eigenvalue weighted by atomic mass is 16.5. The van der Waals surface area contributed by atoms with Gasteiger partial charge in [0.1, 0.15) is 0 Å². The van der Waals surface area contributed by atoms with Gasteiger partial charge in [-0.25, -0.2) is 0 Å². The van der Waals surface area contributed by atoms with Gasteiger partial charge in [-0.3, -0.25) is 9.59 Å². The first-order chi connectivity index (χ1) is 14.1. The van der Waals surface area contributed by atoms with Gasteiger partial charge in [0.25, 0.3) is 0 Å². The summed E-state index contributed by atoms with van der Waals surface area (Å²) in [7, 11) is 0. The van der Waals surface area contributed by atoms with Crippen LogP contribution in [0.5, 0.6) is 0 Å². The molecule has 29 heavy (non-hydrogen) atoms. The van der Waals surface area contributed by atoms with E-state index < -0.39 is 0 Å². The molecule has 0 heterocycles. The Kier molecular flexibility index (Phi) is 15.0. The lowest BCUT2D eigenvalue weighted by Gasteiger charge is -2.28. The molecular formula is C25H46O4. The number of unbranched alkanes of at least 4 members (excludes halogenated alkanes) is 9. The molecule has 4 nitrogen and oxygen atoms in total. The molecule has 0 bridgehead atoms. The summed E-state index contributed by atoms with van der Waals surface area (Å²) in [5.41, 5.74) is 0. The first-order valence-corrected chi connectivity index (χ1v) is 12.4. The Morgan fingerprint density at radius 2 is 1.24 bits per heavy atom. The zero-order valence-corrected chi connectivity index (χ0v) is 19.4. The second-order valence-corrected chi connectivity index (χ2v) is 8.99. The molecular weight excluding hydrogens is 364 g/mol. The van der Waals surface area contributed by atoms with Crippen molar-refractivity contribution in [2.45, 2.75) is 117 Å². The topological polar surface area (TPSA) is 52.6 Å². The highest BCUT2D eigenvalue weighted by Crippen LogP contribution is 2.32. The van der Waals surface area contributed by atoms with Crippen LogP contribution in [-0.4, -0.2) is 25.2 Å². The lowest BCUT2D eigenvalue weighted by molar-refractivity contribution is -0.163. The molecule has 0 spiro atoms. The third kappa shape index (κ3) is 11.6. The third-order valence-corrected chi connectivity index (χ3v) is 6.32. The van der Waals surface area contributed by atoms with Gasteiger partial charge >= 0.3 is 11.9 Å². The van der Waals surface area contributed by atoms with Gasteiger partial charge in [-0.1, -0.05) is 97.8 Å². The van der Waals surface area contributed by atoms with Gasteiger partial charge in [0.05, 0.1) is 25.0 Å². The predicted octanol–water partition coefficient (Wildman–Crippen LogP) is 6.85. The molecule has 0 saturated heterocycles. The number of hydrogen-bond acceptors (Lipinski definition) is 4. The summed E-state index contributed by atoms with van der Waals surface area (Å²) in [6.45, 7) is 7.35. The molecule has 170 valence electrons. The maximum absolute atomic E-state index is 12.5. The van der Waals surface area contributed by atoms with Crippen LogP contribution in [0.4, 0.5) is 0 Å². The van der Waals surface area contributed by atoms with E-state index in [9.17, 15) is 9.59 Å². The van der Waals surface area contributed by atoms with Gasteiger partial charge in [-0.05, 0) is 25.2 Å². The van der Waals surface area contributed by atoms with Crippen molar-refractivity contribution in [2.75, 3.05) is 13.2 Å². The molecule has 1 aliphatic rings. The van der Waals surface area contributed by atoms with E-state index in [1.807, 2.05) is 0 Å². The fourth-order valence-corrected chi connectivity index (χ4v) is 4.01. The molecule has 0 aliphatic heterocycles. The zero-order valence-electron chi connectivity index (χ0n) is 19.4. The average Bonchev–Trinajstić information content (AvgIpc) is 2.75. The Morgan fingerprint density at radius 3 is 1.76 bits per heavy atom. The molecule has 4 heteroatoms. The van der Waals surface area contributed by atoms with Crippen molar-refractivity contribution in [1.29, 1.82) is 0 Å². The molecule has 0 N–H and O–H groups in total. The van der Waals surface area contributed by atoms with Crippen LogP contribution in [0.2, 0.25) is 0 Å². The van der Waals surface area contributed by atoms with E-state index in [0.29, 0.717) is 19.1 Å². The average molecular weight is 411 g/mol. The normalized spacial score (nSPS) is 20.2. The van der Waals surface area contributed by atoms with Crippen LogP contribution in [0, 0.1) is 17.8 Å². The summed E-state index contributed by atoms with van der Waals surface area (Å²) in [6, 6.07) is 0. The molecule has 0 aromatic carbocycles. The minimum absolute atomic E-state index is 0.189. The molecule has 0 amide bonds. The fraction of sp³-hybridized carbons (Fsp3) is 0.920. The summed E-state index contributed by atoms with van der Waals surface area (Å²) < 4.78 is 11.0. The maximum atomic E-state index is 12.5. The standard InChI is InChI=1S/C25H46O4/c1-4-6-7-8-9-10-11-12-13-16-19-28-24(26)22-17-14-15-18-23(22)25(27)29-20-21(3)5-2/h21-23H,4-20H2,1-3H3. The van der Waals surface area contributed by atoms with Crippen LogP contribution in [0.15, 0.2) is 0 Å². The Balaban J connectivity index is 2.17. The maximum Gasteiger partial charge on any atom is 0.309 e. The lowest BCUT2D eigenvalue weighted by Crippen LogP contribution is -2.35. The molecule has 3 unspecified atom stereocenters. The number of hydrogen-bond donors (Lipinski definition) is 0. The van der Waals surface area contributed by atoms with Crippen LogP contribution >= 0.6 is 0 Å². The van der Waals surface area contributed by atoms with Gasteiger partial charge in [-0.2, -0.15) is 0 Å². The minimum atomic E-state index is -0.312. The second kappa shape index (κ2) is 16.7. The number of rotatable bonds is 16. The number of carbonyl (C=O) groups is 2. The zero-order chi connectivity index (χ0) is 21.3. The fourth-order valence-electron chi connectivity index (χ4n) is 4.01. The van der Waals surface area contributed by atoms with Crippen molar-refractivity contribution in [3.8, 4) is 0 Å². The van der Waals surface area contributed by atoms with Crippen molar-refractivity contribution in [2.24, 2.45) is 17.8 Å². The van der Waals surface area contributed by atoms with Gasteiger partial charge in [0, 0.05) is 0 Å². The van der Waals surface area contributed by atoms with Crippen molar-refractivity contribution >= 4 is 11.9 Å². The smallest absolute Gasteiger partial charge is 0.309 e. The Labute approximate surface area is 179 Å². The summed E-state index contributed by atoms with van der Waals surface area (Å²) in [6.07, 6.45) is 17.1. The van der Waals surface area contributed by atoms with Gasteiger partial charge in [0.2, 0.25) is 0 Å². The van der Waals surface area contributed by atoms with E-state index in [0.717, 1.165) is 44.9 Å². The molecule has 1 rings (SSSR count). The number of carbonyl (C=O) groups excluding carboxylic acids is 2. The van der Waals surface area contributed by atoms with E-state index in [1.165, 1.54) is 51.4 Å². The van der Waals surface area contributed by atoms with Crippen LogP contribution in [0.3, 0.4) is 0 Å². The highest BCUT2D eigenvalue weighted by molar-refractivity contribution is 5.82. The summed E-state index contributed by atoms with van der Waals surface area (Å²) >= 11 is 0. The van der Waals surface area contributed by atoms with Crippen LogP contribution in [-0.2, 0) is 19.1 Å². The Morgan fingerprint density at radius 1 is 0.759 bits per heavy atom. The molecule has 1 aliphatic carbocycles. The van der Waals surface area contributed by atoms with Crippen LogP contribution in [0.1, 0.15) is 117 Å². The quantitative estimate of drug-likeness (QED) is 0.206. The SMILES string of the molecule is CCCCCCCCCCCCOC(=O)C1CCCCC1C(=O)OCC(C)CC. The van der Waals surface area contributed by atoms with Gasteiger partial charge < -0.3 is 9.47 Å². The first-order valence-electron chi connectivity index (χ1n) is 12.4. The molecule has 3 atom stereocenters. The molecule has 1 fully saturated rings. The van der Waals surface area contributed by atoms with Crippen molar-refractivity contribution in [1.82, 2.24) is 0 Å². The first kappa shape index (κ1) is 26.0. The molecule has 1 saturated carbocycles. The highest BCUT2D eigenvalue weighted by Gasteiger charge is 2.37. The van der Waals surface area contributed by atoms with Crippen molar-refractivity contribution in [3.63, 3.8) is 0 Å². The monoisotopic (exact) mass is 410 g/mol. The van der Waals surface area contributed by atoms with Crippen molar-refractivity contribution in [3.05, 3.63) is 0 Å². The summed E-state index contributed by atoms with van der Waals surface area (Å²) in [4.78, 5) is 25.0. The summed E-state index contributed by atoms with van der Waals surface area (Å²) in [5, 5.41) is 0. The number of ether oxygens (including phenoxy) is 2. The van der Waals surface area contributed by atoms with E-state index in [2.05, 4.69) is 20.8 Å². The second-order valence-electron chi connectivity index (χ2n) is 8.99. The minimum Gasteiger partial charge on any atom is -0.465 e.